The summed E-state index contributed by atoms with van der Waals surface area (Å²) >= 11 is 0. The van der Waals surface area contributed by atoms with Crippen molar-refractivity contribution in [2.24, 2.45) is 5.73 Å². The Kier molecular flexibility index (Phi) is 3.95. The van der Waals surface area contributed by atoms with Crippen LogP contribution in [0.4, 0.5) is 8.78 Å². The Bertz CT molecular complexity index is 553. The van der Waals surface area contributed by atoms with Crippen LogP contribution in [0.2, 0.25) is 0 Å². The van der Waals surface area contributed by atoms with Gasteiger partial charge in [0.15, 0.2) is 11.6 Å². The highest BCUT2D eigenvalue weighted by atomic mass is 19.1. The predicted molar refractivity (Wildman–Crippen MR) is 70.3 cm³/mol. The highest BCUT2D eigenvalue weighted by Gasteiger charge is 2.15. The average Bonchev–Trinajstić information content (AvgIpc) is 2.78. The SMILES string of the molecule is CC(C)c1ccn(-c2c(F)cc(CCN)cc2F)n1. The normalized spacial score (nSPS) is 11.3. The molecule has 102 valence electrons. The molecule has 2 aromatic rings. The van der Waals surface area contributed by atoms with Gasteiger partial charge in [-0.3, -0.25) is 0 Å². The average molecular weight is 265 g/mol. The van der Waals surface area contributed by atoms with Crippen molar-refractivity contribution in [1.82, 2.24) is 9.78 Å². The minimum absolute atomic E-state index is 0.146. The number of benzene rings is 1. The van der Waals surface area contributed by atoms with Crippen LogP contribution in [-0.4, -0.2) is 16.3 Å². The van der Waals surface area contributed by atoms with Crippen LogP contribution in [-0.2, 0) is 6.42 Å². The molecule has 5 heteroatoms. The van der Waals surface area contributed by atoms with E-state index < -0.39 is 11.6 Å². The molecule has 0 amide bonds. The molecule has 0 saturated heterocycles. The summed E-state index contributed by atoms with van der Waals surface area (Å²) in [5, 5.41) is 4.19. The summed E-state index contributed by atoms with van der Waals surface area (Å²) in [6.45, 7) is 4.31. The fourth-order valence-electron chi connectivity index (χ4n) is 1.92. The molecule has 3 nitrogen and oxygen atoms in total. The van der Waals surface area contributed by atoms with Crippen LogP contribution >= 0.6 is 0 Å². The van der Waals surface area contributed by atoms with Gasteiger partial charge >= 0.3 is 0 Å². The molecule has 0 unspecified atom stereocenters. The maximum atomic E-state index is 14.0. The molecule has 0 saturated carbocycles. The highest BCUT2D eigenvalue weighted by molar-refractivity contribution is 5.38. The zero-order valence-corrected chi connectivity index (χ0v) is 11.0. The summed E-state index contributed by atoms with van der Waals surface area (Å²) in [6.07, 6.45) is 2.02. The Labute approximate surface area is 111 Å². The van der Waals surface area contributed by atoms with Crippen molar-refractivity contribution in [2.75, 3.05) is 6.54 Å². The van der Waals surface area contributed by atoms with Crippen LogP contribution in [0.3, 0.4) is 0 Å². The lowest BCUT2D eigenvalue weighted by molar-refractivity contribution is 0.555. The Hall–Kier alpha value is -1.75. The van der Waals surface area contributed by atoms with Gasteiger partial charge in [0.1, 0.15) is 5.69 Å². The van der Waals surface area contributed by atoms with Crippen LogP contribution in [0.25, 0.3) is 5.69 Å². The van der Waals surface area contributed by atoms with Crippen LogP contribution in [0.5, 0.6) is 0 Å². The molecule has 1 heterocycles. The largest absolute Gasteiger partial charge is 0.330 e. The summed E-state index contributed by atoms with van der Waals surface area (Å²) in [4.78, 5) is 0. The van der Waals surface area contributed by atoms with E-state index in [9.17, 15) is 8.78 Å². The van der Waals surface area contributed by atoms with Gasteiger partial charge < -0.3 is 5.73 Å². The molecule has 1 aromatic carbocycles. The molecule has 0 aliphatic carbocycles. The summed E-state index contributed by atoms with van der Waals surface area (Å²) in [7, 11) is 0. The molecule has 0 fully saturated rings. The Balaban J connectivity index is 2.43. The second-order valence-electron chi connectivity index (χ2n) is 4.79. The molecule has 0 bridgehead atoms. The second-order valence-corrected chi connectivity index (χ2v) is 4.79. The van der Waals surface area contributed by atoms with Gasteiger partial charge in [0.05, 0.1) is 5.69 Å². The first kappa shape index (κ1) is 13.7. The monoisotopic (exact) mass is 265 g/mol. The number of halogens is 2. The lowest BCUT2D eigenvalue weighted by atomic mass is 10.1. The van der Waals surface area contributed by atoms with E-state index in [1.165, 1.54) is 16.8 Å². The molecule has 0 radical (unpaired) electrons. The third-order valence-electron chi connectivity index (χ3n) is 2.94. The molecule has 0 atom stereocenters. The molecule has 0 spiro atoms. The maximum absolute atomic E-state index is 14.0. The third kappa shape index (κ3) is 2.81. The van der Waals surface area contributed by atoms with E-state index in [0.29, 0.717) is 18.5 Å². The van der Waals surface area contributed by atoms with Gasteiger partial charge in [0.25, 0.3) is 0 Å². The lowest BCUT2D eigenvalue weighted by Crippen LogP contribution is -2.07. The molecule has 0 aliphatic heterocycles. The Morgan fingerprint density at radius 2 is 1.89 bits per heavy atom. The first-order valence-corrected chi connectivity index (χ1v) is 6.27. The van der Waals surface area contributed by atoms with E-state index in [2.05, 4.69) is 5.10 Å². The molecule has 2 N–H and O–H groups in total. The zero-order chi connectivity index (χ0) is 14.0. The second kappa shape index (κ2) is 5.48. The number of nitrogens with two attached hydrogens (primary N) is 1. The van der Waals surface area contributed by atoms with E-state index in [-0.39, 0.29) is 11.6 Å². The number of nitrogens with zero attached hydrogens (tertiary/aromatic N) is 2. The first-order chi connectivity index (χ1) is 9.02. The van der Waals surface area contributed by atoms with Crippen molar-refractivity contribution in [2.45, 2.75) is 26.2 Å². The third-order valence-corrected chi connectivity index (χ3v) is 2.94. The topological polar surface area (TPSA) is 43.8 Å². The van der Waals surface area contributed by atoms with Crippen LogP contribution in [0.15, 0.2) is 24.4 Å². The van der Waals surface area contributed by atoms with Gasteiger partial charge in [-0.15, -0.1) is 0 Å². The minimum atomic E-state index is -0.623. The number of aromatic nitrogens is 2. The van der Waals surface area contributed by atoms with Gasteiger partial charge in [-0.2, -0.15) is 5.10 Å². The number of hydrogen-bond acceptors (Lipinski definition) is 2. The molecular formula is C14H17F2N3. The number of hydrogen-bond donors (Lipinski definition) is 1. The van der Waals surface area contributed by atoms with Crippen LogP contribution in [0, 0.1) is 11.6 Å². The first-order valence-electron chi connectivity index (χ1n) is 6.27. The fraction of sp³-hybridized carbons (Fsp3) is 0.357. The van der Waals surface area contributed by atoms with Gasteiger partial charge in [0, 0.05) is 6.20 Å². The fourth-order valence-corrected chi connectivity index (χ4v) is 1.92. The highest BCUT2D eigenvalue weighted by Crippen LogP contribution is 2.21. The molecule has 1 aromatic heterocycles. The standard InChI is InChI=1S/C14H17F2N3/c1-9(2)13-4-6-19(18-13)14-11(15)7-10(3-5-17)8-12(14)16/h4,6-9H,3,5,17H2,1-2H3. The van der Waals surface area contributed by atoms with Gasteiger partial charge in [0.2, 0.25) is 0 Å². The predicted octanol–water partition coefficient (Wildman–Crippen LogP) is 2.78. The van der Waals surface area contributed by atoms with Gasteiger partial charge in [-0.1, -0.05) is 13.8 Å². The quantitative estimate of drug-likeness (QED) is 0.923. The molecular weight excluding hydrogens is 248 g/mol. The lowest BCUT2D eigenvalue weighted by Gasteiger charge is -2.08. The summed E-state index contributed by atoms with van der Waals surface area (Å²) in [6, 6.07) is 4.38. The summed E-state index contributed by atoms with van der Waals surface area (Å²) in [5.41, 5.74) is 6.59. The maximum Gasteiger partial charge on any atom is 0.152 e. The minimum Gasteiger partial charge on any atom is -0.330 e. The molecule has 0 aliphatic rings. The Morgan fingerprint density at radius 3 is 2.37 bits per heavy atom. The van der Waals surface area contributed by atoms with Gasteiger partial charge in [-0.05, 0) is 42.6 Å². The van der Waals surface area contributed by atoms with Crippen molar-refractivity contribution < 1.29 is 8.78 Å². The molecule has 19 heavy (non-hydrogen) atoms. The van der Waals surface area contributed by atoms with E-state index in [4.69, 9.17) is 5.73 Å². The zero-order valence-electron chi connectivity index (χ0n) is 11.0. The van der Waals surface area contributed by atoms with Crippen molar-refractivity contribution in [3.8, 4) is 5.69 Å². The van der Waals surface area contributed by atoms with Crippen molar-refractivity contribution in [3.63, 3.8) is 0 Å². The summed E-state index contributed by atoms with van der Waals surface area (Å²) in [5.74, 6) is -1.03. The van der Waals surface area contributed by atoms with Crippen molar-refractivity contribution >= 4 is 0 Å². The van der Waals surface area contributed by atoms with E-state index >= 15 is 0 Å². The van der Waals surface area contributed by atoms with Crippen molar-refractivity contribution in [1.29, 1.82) is 0 Å². The molecule has 2 rings (SSSR count). The van der Waals surface area contributed by atoms with Crippen LogP contribution < -0.4 is 5.73 Å². The smallest absolute Gasteiger partial charge is 0.152 e. The van der Waals surface area contributed by atoms with E-state index in [1.54, 1.807) is 12.3 Å². The van der Waals surface area contributed by atoms with Gasteiger partial charge in [-0.25, -0.2) is 13.5 Å². The van der Waals surface area contributed by atoms with E-state index in [0.717, 1.165) is 5.69 Å². The van der Waals surface area contributed by atoms with Crippen molar-refractivity contribution in [3.05, 3.63) is 47.3 Å². The number of rotatable bonds is 4. The van der Waals surface area contributed by atoms with Crippen LogP contribution in [0.1, 0.15) is 31.0 Å². The summed E-state index contributed by atoms with van der Waals surface area (Å²) < 4.78 is 29.2. The van der Waals surface area contributed by atoms with E-state index in [1.807, 2.05) is 13.8 Å². The Morgan fingerprint density at radius 1 is 1.26 bits per heavy atom.